The van der Waals surface area contributed by atoms with Gasteiger partial charge in [0.25, 0.3) is 0 Å². The van der Waals surface area contributed by atoms with Crippen molar-refractivity contribution in [2.45, 2.75) is 19.4 Å². The number of sulfonamides is 1. The number of rotatable bonds is 6. The van der Waals surface area contributed by atoms with Gasteiger partial charge in [-0.15, -0.1) is 0 Å². The van der Waals surface area contributed by atoms with Crippen LogP contribution in [0, 0.1) is 0 Å². The molecule has 1 aliphatic rings. The van der Waals surface area contributed by atoms with Crippen LogP contribution in [-0.4, -0.2) is 61.2 Å². The van der Waals surface area contributed by atoms with E-state index in [2.05, 4.69) is 4.90 Å². The van der Waals surface area contributed by atoms with Gasteiger partial charge in [-0.1, -0.05) is 6.92 Å². The van der Waals surface area contributed by atoms with Crippen LogP contribution in [0.5, 0.6) is 0 Å². The maximum atomic E-state index is 11.9. The minimum atomic E-state index is -3.10. The van der Waals surface area contributed by atoms with Crippen molar-refractivity contribution in [3.8, 4) is 0 Å². The van der Waals surface area contributed by atoms with E-state index >= 15 is 0 Å². The number of furan rings is 1. The largest absolute Gasteiger partial charge is 0.467 e. The Bertz CT molecular complexity index is 492. The number of aliphatic hydroxyl groups excluding tert-OH is 1. The summed E-state index contributed by atoms with van der Waals surface area (Å²) in [6.45, 7) is 4.60. The highest BCUT2D eigenvalue weighted by atomic mass is 32.2. The topological polar surface area (TPSA) is 74.0 Å². The van der Waals surface area contributed by atoms with Gasteiger partial charge in [-0.25, -0.2) is 8.42 Å². The molecule has 0 unspecified atom stereocenters. The average Bonchev–Trinajstić information content (AvgIpc) is 2.93. The van der Waals surface area contributed by atoms with Crippen molar-refractivity contribution >= 4 is 10.0 Å². The normalized spacial score (nSPS) is 20.1. The van der Waals surface area contributed by atoms with Crippen LogP contribution >= 0.6 is 0 Å². The van der Waals surface area contributed by atoms with Crippen LogP contribution in [-0.2, 0) is 10.0 Å². The predicted molar refractivity (Wildman–Crippen MR) is 75.8 cm³/mol. The molecule has 1 atom stereocenters. The molecule has 1 aromatic heterocycles. The van der Waals surface area contributed by atoms with Crippen LogP contribution in [0.1, 0.15) is 25.2 Å². The molecule has 6 nitrogen and oxygen atoms in total. The summed E-state index contributed by atoms with van der Waals surface area (Å²) in [5.41, 5.74) is 0. The Hall–Kier alpha value is -0.890. The van der Waals surface area contributed by atoms with E-state index in [1.807, 2.05) is 6.92 Å². The van der Waals surface area contributed by atoms with E-state index in [4.69, 9.17) is 4.42 Å². The molecular formula is C13H22N2O4S. The molecule has 0 saturated carbocycles. The second-order valence-electron chi connectivity index (χ2n) is 5.05. The second kappa shape index (κ2) is 6.71. The van der Waals surface area contributed by atoms with Crippen molar-refractivity contribution in [2.75, 3.05) is 38.5 Å². The van der Waals surface area contributed by atoms with Gasteiger partial charge in [-0.3, -0.25) is 4.90 Å². The summed E-state index contributed by atoms with van der Waals surface area (Å²) < 4.78 is 30.6. The average molecular weight is 302 g/mol. The monoisotopic (exact) mass is 302 g/mol. The number of hydrogen-bond acceptors (Lipinski definition) is 5. The molecule has 1 N–H and O–H groups in total. The summed E-state index contributed by atoms with van der Waals surface area (Å²) in [6.07, 6.45) is 1.51. The number of aliphatic hydroxyl groups is 1. The van der Waals surface area contributed by atoms with Gasteiger partial charge in [0, 0.05) is 32.7 Å². The first-order chi connectivity index (χ1) is 9.53. The van der Waals surface area contributed by atoms with Crippen molar-refractivity contribution in [3.63, 3.8) is 0 Å². The smallest absolute Gasteiger partial charge is 0.214 e. The third-order valence-electron chi connectivity index (χ3n) is 3.49. The summed E-state index contributed by atoms with van der Waals surface area (Å²) in [7, 11) is -3.10. The highest BCUT2D eigenvalue weighted by molar-refractivity contribution is 7.89. The predicted octanol–water partition coefficient (Wildman–Crippen LogP) is 0.670. The SMILES string of the molecule is CCCS(=O)(=O)N1CCN(C[C@H](O)c2ccco2)CC1. The zero-order chi connectivity index (χ0) is 14.6. The molecule has 1 fully saturated rings. The fourth-order valence-electron chi connectivity index (χ4n) is 2.39. The zero-order valence-corrected chi connectivity index (χ0v) is 12.6. The summed E-state index contributed by atoms with van der Waals surface area (Å²) in [6, 6.07) is 3.49. The lowest BCUT2D eigenvalue weighted by Crippen LogP contribution is -2.50. The molecule has 2 rings (SSSR count). The van der Waals surface area contributed by atoms with Gasteiger partial charge >= 0.3 is 0 Å². The van der Waals surface area contributed by atoms with Crippen LogP contribution in [0.3, 0.4) is 0 Å². The standard InChI is InChI=1S/C13H22N2O4S/c1-2-10-20(17,18)15-7-5-14(6-8-15)11-12(16)13-4-3-9-19-13/h3-4,9,12,16H,2,5-8,10-11H2,1H3/t12-/m0/s1. The molecular weight excluding hydrogens is 280 g/mol. The van der Waals surface area contributed by atoms with Gasteiger partial charge in [0.05, 0.1) is 12.0 Å². The highest BCUT2D eigenvalue weighted by Crippen LogP contribution is 2.16. The fraction of sp³-hybridized carbons (Fsp3) is 0.692. The van der Waals surface area contributed by atoms with E-state index in [1.54, 1.807) is 16.4 Å². The molecule has 7 heteroatoms. The van der Waals surface area contributed by atoms with E-state index in [0.717, 1.165) is 0 Å². The quantitative estimate of drug-likeness (QED) is 0.836. The van der Waals surface area contributed by atoms with Gasteiger partial charge in [0.2, 0.25) is 10.0 Å². The summed E-state index contributed by atoms with van der Waals surface area (Å²) >= 11 is 0. The van der Waals surface area contributed by atoms with E-state index in [0.29, 0.717) is 44.9 Å². The van der Waals surface area contributed by atoms with Crippen LogP contribution in [0.2, 0.25) is 0 Å². The second-order valence-corrected chi connectivity index (χ2v) is 7.14. The lowest BCUT2D eigenvalue weighted by molar-refractivity contribution is 0.0777. The van der Waals surface area contributed by atoms with Gasteiger partial charge in [-0.05, 0) is 18.6 Å². The summed E-state index contributed by atoms with van der Waals surface area (Å²) in [5, 5.41) is 10.0. The maximum absolute atomic E-state index is 11.9. The Labute approximate surface area is 120 Å². The number of hydrogen-bond donors (Lipinski definition) is 1. The van der Waals surface area contributed by atoms with E-state index < -0.39 is 16.1 Å². The molecule has 0 amide bonds. The van der Waals surface area contributed by atoms with E-state index in [9.17, 15) is 13.5 Å². The van der Waals surface area contributed by atoms with Crippen molar-refractivity contribution in [2.24, 2.45) is 0 Å². The Kier molecular flexibility index (Phi) is 5.20. The minimum absolute atomic E-state index is 0.210. The van der Waals surface area contributed by atoms with Gasteiger partial charge in [-0.2, -0.15) is 4.31 Å². The first kappa shape index (κ1) is 15.5. The maximum Gasteiger partial charge on any atom is 0.214 e. The molecule has 0 aromatic carbocycles. The van der Waals surface area contributed by atoms with Crippen LogP contribution < -0.4 is 0 Å². The number of nitrogens with zero attached hydrogens (tertiary/aromatic N) is 2. The lowest BCUT2D eigenvalue weighted by atomic mass is 10.2. The molecule has 0 aliphatic carbocycles. The van der Waals surface area contributed by atoms with Crippen molar-refractivity contribution in [1.82, 2.24) is 9.21 Å². The molecule has 114 valence electrons. The Balaban J connectivity index is 1.83. The third kappa shape index (κ3) is 3.82. The summed E-state index contributed by atoms with van der Waals surface area (Å²) in [4.78, 5) is 2.06. The van der Waals surface area contributed by atoms with E-state index in [-0.39, 0.29) is 5.75 Å². The van der Waals surface area contributed by atoms with Gasteiger partial charge < -0.3 is 9.52 Å². The van der Waals surface area contributed by atoms with Gasteiger partial charge in [0.15, 0.2) is 0 Å². The fourth-order valence-corrected chi connectivity index (χ4v) is 3.89. The summed E-state index contributed by atoms with van der Waals surface area (Å²) in [5.74, 6) is 0.758. The van der Waals surface area contributed by atoms with Crippen LogP contribution in [0.25, 0.3) is 0 Å². The number of piperazine rings is 1. The van der Waals surface area contributed by atoms with Crippen LogP contribution in [0.4, 0.5) is 0 Å². The molecule has 0 bridgehead atoms. The first-order valence-electron chi connectivity index (χ1n) is 6.94. The molecule has 1 saturated heterocycles. The Morgan fingerprint density at radius 2 is 2.05 bits per heavy atom. The minimum Gasteiger partial charge on any atom is -0.467 e. The van der Waals surface area contributed by atoms with Crippen LogP contribution in [0.15, 0.2) is 22.8 Å². The Morgan fingerprint density at radius 1 is 1.35 bits per heavy atom. The third-order valence-corrected chi connectivity index (χ3v) is 5.57. The Morgan fingerprint density at radius 3 is 2.60 bits per heavy atom. The lowest BCUT2D eigenvalue weighted by Gasteiger charge is -2.34. The first-order valence-corrected chi connectivity index (χ1v) is 8.55. The zero-order valence-electron chi connectivity index (χ0n) is 11.7. The van der Waals surface area contributed by atoms with E-state index in [1.165, 1.54) is 6.26 Å². The molecule has 20 heavy (non-hydrogen) atoms. The molecule has 0 spiro atoms. The molecule has 1 aromatic rings. The van der Waals surface area contributed by atoms with Crippen molar-refractivity contribution in [1.29, 1.82) is 0 Å². The van der Waals surface area contributed by atoms with Gasteiger partial charge in [0.1, 0.15) is 11.9 Å². The highest BCUT2D eigenvalue weighted by Gasteiger charge is 2.27. The molecule has 0 radical (unpaired) electrons. The van der Waals surface area contributed by atoms with Crippen molar-refractivity contribution < 1.29 is 17.9 Å². The van der Waals surface area contributed by atoms with Crippen molar-refractivity contribution in [3.05, 3.63) is 24.2 Å². The molecule has 2 heterocycles. The number of β-amino-alcohol motifs (C(OH)–C–C–N with tert-alkyl or cyclic N) is 1. The molecule has 1 aliphatic heterocycles.